The molecule has 0 unspecified atom stereocenters. The maximum Gasteiger partial charge on any atom is 0.266 e. The first-order chi connectivity index (χ1) is 11.9. The minimum atomic E-state index is -2.88. The largest absolute Gasteiger partial charge is 0.361 e. The minimum absolute atomic E-state index is 0.119. The Morgan fingerprint density at radius 1 is 1.12 bits per heavy atom. The van der Waals surface area contributed by atoms with Gasteiger partial charge in [-0.05, 0) is 19.9 Å². The number of hydrogen-bond donors (Lipinski definition) is 1. The molecule has 0 bridgehead atoms. The molecule has 1 N–H and O–H groups in total. The van der Waals surface area contributed by atoms with Crippen LogP contribution in [0.1, 0.15) is 36.2 Å². The summed E-state index contributed by atoms with van der Waals surface area (Å²) in [6, 6.07) is 4.95. The number of rotatable bonds is 4. The quantitative estimate of drug-likeness (QED) is 0.642. The van der Waals surface area contributed by atoms with Gasteiger partial charge < -0.3 is 5.32 Å². The van der Waals surface area contributed by atoms with E-state index in [1.807, 2.05) is 0 Å². The number of fused-ring (bicyclic) bond motifs is 1. The van der Waals surface area contributed by atoms with Crippen LogP contribution in [0.15, 0.2) is 30.5 Å². The molecule has 1 atom stereocenters. The summed E-state index contributed by atoms with van der Waals surface area (Å²) in [6.07, 6.45) is -1.30. The zero-order valence-electron chi connectivity index (χ0n) is 13.4. The second-order valence-electron chi connectivity index (χ2n) is 5.60. The summed E-state index contributed by atoms with van der Waals surface area (Å²) in [5.41, 5.74) is 0.162. The van der Waals surface area contributed by atoms with Crippen molar-refractivity contribution in [1.29, 1.82) is 0 Å². The molecule has 0 saturated heterocycles. The van der Waals surface area contributed by atoms with Gasteiger partial charge in [0.15, 0.2) is 5.82 Å². The first-order valence-electron chi connectivity index (χ1n) is 7.50. The van der Waals surface area contributed by atoms with E-state index >= 15 is 0 Å². The second kappa shape index (κ2) is 6.84. The highest BCUT2D eigenvalue weighted by molar-refractivity contribution is 6.30. The number of benzene rings is 1. The summed E-state index contributed by atoms with van der Waals surface area (Å²) in [5, 5.41) is 12.8. The number of aromatic nitrogens is 3. The number of halogens is 4. The van der Waals surface area contributed by atoms with Crippen molar-refractivity contribution in [1.82, 2.24) is 15.2 Å². The number of pyridine rings is 1. The first-order valence-corrected chi connectivity index (χ1v) is 7.87. The predicted octanol–water partition coefficient (Wildman–Crippen LogP) is 5.24. The van der Waals surface area contributed by atoms with Gasteiger partial charge in [-0.2, -0.15) is 5.10 Å². The van der Waals surface area contributed by atoms with E-state index in [9.17, 15) is 13.2 Å². The molecule has 3 aromatic rings. The van der Waals surface area contributed by atoms with E-state index in [0.29, 0.717) is 16.9 Å². The standard InChI is InChI=1S/C17H14ClF3N4/c1-8(10-4-3-5-11(15(10)19)16(20)21)23-17-12-6-14(18)22-7-13(12)9(2)24-25-17/h3-8,16H,1-2H3,(H,23,25)/t8-/m1/s1. The van der Waals surface area contributed by atoms with Gasteiger partial charge in [0, 0.05) is 22.5 Å². The zero-order valence-corrected chi connectivity index (χ0v) is 14.2. The molecule has 0 fully saturated rings. The summed E-state index contributed by atoms with van der Waals surface area (Å²) in [6.45, 7) is 3.44. The Morgan fingerprint density at radius 3 is 2.56 bits per heavy atom. The molecule has 130 valence electrons. The lowest BCUT2D eigenvalue weighted by Crippen LogP contribution is -2.12. The van der Waals surface area contributed by atoms with Crippen molar-refractivity contribution in [3.05, 3.63) is 58.3 Å². The topological polar surface area (TPSA) is 50.7 Å². The molecule has 3 rings (SSSR count). The molecule has 0 saturated carbocycles. The molecule has 2 aromatic heterocycles. The fourth-order valence-corrected chi connectivity index (χ4v) is 2.77. The molecule has 0 amide bonds. The van der Waals surface area contributed by atoms with E-state index in [1.165, 1.54) is 12.1 Å². The van der Waals surface area contributed by atoms with Crippen LogP contribution in [-0.4, -0.2) is 15.2 Å². The van der Waals surface area contributed by atoms with Crippen LogP contribution in [0, 0.1) is 12.7 Å². The fraction of sp³-hybridized carbons (Fsp3) is 0.235. The maximum atomic E-state index is 14.3. The van der Waals surface area contributed by atoms with Crippen LogP contribution < -0.4 is 5.32 Å². The van der Waals surface area contributed by atoms with Gasteiger partial charge in [0.2, 0.25) is 0 Å². The molecule has 8 heteroatoms. The van der Waals surface area contributed by atoms with Gasteiger partial charge in [0.1, 0.15) is 11.0 Å². The third kappa shape index (κ3) is 3.37. The Bertz CT molecular complexity index is 933. The minimum Gasteiger partial charge on any atom is -0.361 e. The number of alkyl halides is 2. The van der Waals surface area contributed by atoms with Crippen LogP contribution in [0.5, 0.6) is 0 Å². The molecule has 0 aliphatic heterocycles. The highest BCUT2D eigenvalue weighted by Crippen LogP contribution is 2.31. The van der Waals surface area contributed by atoms with E-state index in [2.05, 4.69) is 20.5 Å². The van der Waals surface area contributed by atoms with Gasteiger partial charge in [0.25, 0.3) is 6.43 Å². The lowest BCUT2D eigenvalue weighted by Gasteiger charge is -2.18. The van der Waals surface area contributed by atoms with Crippen LogP contribution >= 0.6 is 11.6 Å². The van der Waals surface area contributed by atoms with Crippen LogP contribution in [0.3, 0.4) is 0 Å². The Balaban J connectivity index is 2.01. The summed E-state index contributed by atoms with van der Waals surface area (Å²) in [5.74, 6) is -0.555. The third-order valence-corrected chi connectivity index (χ3v) is 4.14. The summed E-state index contributed by atoms with van der Waals surface area (Å²) in [7, 11) is 0. The third-order valence-electron chi connectivity index (χ3n) is 3.93. The monoisotopic (exact) mass is 366 g/mol. The van der Waals surface area contributed by atoms with E-state index in [1.54, 1.807) is 26.1 Å². The fourth-order valence-electron chi connectivity index (χ4n) is 2.61. The predicted molar refractivity (Wildman–Crippen MR) is 90.5 cm³/mol. The van der Waals surface area contributed by atoms with Crippen molar-refractivity contribution in [2.45, 2.75) is 26.3 Å². The average molecular weight is 367 g/mol. The molecular weight excluding hydrogens is 353 g/mol. The van der Waals surface area contributed by atoms with Crippen LogP contribution in [0.25, 0.3) is 10.8 Å². The smallest absolute Gasteiger partial charge is 0.266 e. The highest BCUT2D eigenvalue weighted by Gasteiger charge is 2.20. The number of nitrogens with one attached hydrogen (secondary N) is 1. The summed E-state index contributed by atoms with van der Waals surface area (Å²) < 4.78 is 40.1. The van der Waals surface area contributed by atoms with Gasteiger partial charge in [-0.3, -0.25) is 0 Å². The Morgan fingerprint density at radius 2 is 1.84 bits per heavy atom. The number of aryl methyl sites for hydroxylation is 1. The summed E-state index contributed by atoms with van der Waals surface area (Å²) >= 11 is 5.95. The molecule has 0 aliphatic rings. The molecule has 1 aromatic carbocycles. The van der Waals surface area contributed by atoms with E-state index < -0.39 is 23.8 Å². The van der Waals surface area contributed by atoms with Crippen molar-refractivity contribution in [2.75, 3.05) is 5.32 Å². The van der Waals surface area contributed by atoms with Crippen molar-refractivity contribution >= 4 is 28.2 Å². The number of anilines is 1. The van der Waals surface area contributed by atoms with Gasteiger partial charge >= 0.3 is 0 Å². The van der Waals surface area contributed by atoms with Crippen LogP contribution in [0.4, 0.5) is 19.0 Å². The lowest BCUT2D eigenvalue weighted by atomic mass is 10.0. The second-order valence-corrected chi connectivity index (χ2v) is 5.99. The van der Waals surface area contributed by atoms with Gasteiger partial charge in [0.05, 0.1) is 17.3 Å². The number of nitrogens with zero attached hydrogens (tertiary/aromatic N) is 3. The van der Waals surface area contributed by atoms with Crippen LogP contribution in [0.2, 0.25) is 5.15 Å². The summed E-state index contributed by atoms with van der Waals surface area (Å²) in [4.78, 5) is 4.02. The van der Waals surface area contributed by atoms with Gasteiger partial charge in [-0.25, -0.2) is 18.2 Å². The molecule has 0 radical (unpaired) electrons. The molecule has 4 nitrogen and oxygen atoms in total. The number of hydrogen-bond acceptors (Lipinski definition) is 4. The SMILES string of the molecule is Cc1nnc(N[C@H](C)c2cccc(C(F)F)c2F)c2cc(Cl)ncc12. The Labute approximate surface area is 147 Å². The van der Waals surface area contributed by atoms with Gasteiger partial charge in [-0.15, -0.1) is 5.10 Å². The normalized spacial score (nSPS) is 12.6. The molecule has 25 heavy (non-hydrogen) atoms. The Hall–Kier alpha value is -2.41. The molecular formula is C17H14ClF3N4. The molecule has 0 aliphatic carbocycles. The average Bonchev–Trinajstić information content (AvgIpc) is 2.57. The van der Waals surface area contributed by atoms with Crippen molar-refractivity contribution in [3.63, 3.8) is 0 Å². The zero-order chi connectivity index (χ0) is 18.1. The first kappa shape index (κ1) is 17.4. The molecule has 0 spiro atoms. The van der Waals surface area contributed by atoms with Crippen molar-refractivity contribution in [3.8, 4) is 0 Å². The highest BCUT2D eigenvalue weighted by atomic mass is 35.5. The van der Waals surface area contributed by atoms with Crippen LogP contribution in [-0.2, 0) is 0 Å². The molecule has 2 heterocycles. The lowest BCUT2D eigenvalue weighted by molar-refractivity contribution is 0.146. The Kier molecular flexibility index (Phi) is 4.76. The maximum absolute atomic E-state index is 14.3. The van der Waals surface area contributed by atoms with Crippen molar-refractivity contribution in [2.24, 2.45) is 0 Å². The van der Waals surface area contributed by atoms with Gasteiger partial charge in [-0.1, -0.05) is 29.8 Å². The van der Waals surface area contributed by atoms with Crippen molar-refractivity contribution < 1.29 is 13.2 Å². The van der Waals surface area contributed by atoms with E-state index in [-0.39, 0.29) is 10.7 Å². The van der Waals surface area contributed by atoms with E-state index in [4.69, 9.17) is 11.6 Å². The van der Waals surface area contributed by atoms with E-state index in [0.717, 1.165) is 11.5 Å².